The van der Waals surface area contributed by atoms with Crippen LogP contribution in [0.5, 0.6) is 0 Å². The molecule has 0 aromatic heterocycles. The fraction of sp³-hybridized carbons (Fsp3) is 0.143. The highest BCUT2D eigenvalue weighted by atomic mass is 31.0. The first-order valence-corrected chi connectivity index (χ1v) is 4.23. The number of hydrogen-bond donors (Lipinski definition) is 0. The normalized spacial score (nSPS) is 7.82. The lowest BCUT2D eigenvalue weighted by molar-refractivity contribution is -0.384. The Morgan fingerprint density at radius 1 is 1.27 bits per heavy atom. The van der Waals surface area contributed by atoms with Crippen LogP contribution in [-0.2, 0) is 0 Å². The molecule has 60 valence electrons. The quantitative estimate of drug-likeness (QED) is 0.369. The third-order valence-corrected chi connectivity index (χ3v) is 0.967. The van der Waals surface area contributed by atoms with Crippen LogP contribution in [-0.4, -0.2) is 11.6 Å². The first-order chi connectivity index (χ1) is 5.30. The third kappa shape index (κ3) is 3.68. The van der Waals surface area contributed by atoms with Gasteiger partial charge in [0.05, 0.1) is 4.92 Å². The highest BCUT2D eigenvalue weighted by molar-refractivity contribution is 7.15. The number of nitro groups is 1. The largest absolute Gasteiger partial charge is 0.269 e. The SMILES string of the molecule is CP.O=[N+]([O-])c1ccccc1. The van der Waals surface area contributed by atoms with Gasteiger partial charge in [0.1, 0.15) is 0 Å². The number of para-hydroxylation sites is 1. The van der Waals surface area contributed by atoms with E-state index in [9.17, 15) is 10.1 Å². The Balaban J connectivity index is 0.000000461. The summed E-state index contributed by atoms with van der Waals surface area (Å²) in [5.41, 5.74) is 0.137. The summed E-state index contributed by atoms with van der Waals surface area (Å²) in [4.78, 5) is 9.59. The van der Waals surface area contributed by atoms with E-state index in [1.54, 1.807) is 18.2 Å². The van der Waals surface area contributed by atoms with E-state index >= 15 is 0 Å². The maximum absolute atomic E-state index is 10.0. The van der Waals surface area contributed by atoms with Crippen molar-refractivity contribution in [3.8, 4) is 0 Å². The van der Waals surface area contributed by atoms with Gasteiger partial charge in [0, 0.05) is 12.1 Å². The van der Waals surface area contributed by atoms with Gasteiger partial charge in [-0.05, 0) is 0 Å². The predicted molar refractivity (Wildman–Crippen MR) is 48.7 cm³/mol. The lowest BCUT2D eigenvalue weighted by atomic mass is 10.3. The Kier molecular flexibility index (Phi) is 5.30. The molecule has 3 nitrogen and oxygen atoms in total. The molecule has 1 aromatic rings. The Hall–Kier alpha value is -0.950. The summed E-state index contributed by atoms with van der Waals surface area (Å²) < 4.78 is 0. The maximum Gasteiger partial charge on any atom is 0.269 e. The molecule has 0 saturated heterocycles. The first kappa shape index (κ1) is 10.0. The zero-order valence-corrected chi connectivity index (χ0v) is 7.38. The fourth-order valence-electron chi connectivity index (χ4n) is 0.550. The summed E-state index contributed by atoms with van der Waals surface area (Å²) in [5.74, 6) is 0. The molecule has 0 spiro atoms. The molecule has 0 aliphatic carbocycles. The van der Waals surface area contributed by atoms with E-state index < -0.39 is 4.92 Å². The summed E-state index contributed by atoms with van der Waals surface area (Å²) in [6.07, 6.45) is 0. The Morgan fingerprint density at radius 3 is 2.00 bits per heavy atom. The minimum absolute atomic E-state index is 0.137. The van der Waals surface area contributed by atoms with Gasteiger partial charge in [-0.3, -0.25) is 10.1 Å². The number of nitro benzene ring substituents is 1. The van der Waals surface area contributed by atoms with Crippen molar-refractivity contribution in [2.75, 3.05) is 6.66 Å². The average molecular weight is 171 g/mol. The molecule has 1 rings (SSSR count). The van der Waals surface area contributed by atoms with E-state index in [0.717, 1.165) is 0 Å². The average Bonchev–Trinajstić information content (AvgIpc) is 2.10. The lowest BCUT2D eigenvalue weighted by Gasteiger charge is -1.85. The van der Waals surface area contributed by atoms with Gasteiger partial charge in [-0.2, -0.15) is 0 Å². The van der Waals surface area contributed by atoms with Gasteiger partial charge < -0.3 is 0 Å². The topological polar surface area (TPSA) is 43.1 Å². The number of benzene rings is 1. The van der Waals surface area contributed by atoms with Crippen molar-refractivity contribution in [3.05, 3.63) is 40.4 Å². The van der Waals surface area contributed by atoms with Gasteiger partial charge in [-0.25, -0.2) is 0 Å². The smallest absolute Gasteiger partial charge is 0.258 e. The molecule has 0 radical (unpaired) electrons. The number of hydrogen-bond acceptors (Lipinski definition) is 2. The molecule has 0 fully saturated rings. The van der Waals surface area contributed by atoms with Crippen LogP contribution in [0.15, 0.2) is 30.3 Å². The van der Waals surface area contributed by atoms with Crippen molar-refractivity contribution in [3.63, 3.8) is 0 Å². The minimum Gasteiger partial charge on any atom is -0.258 e. The number of non-ortho nitro benzene ring substituents is 1. The molecule has 0 aliphatic rings. The molecule has 0 heterocycles. The highest BCUT2D eigenvalue weighted by Crippen LogP contribution is 2.06. The standard InChI is InChI=1S/C6H5NO2.CH5P/c8-7(9)6-4-2-1-3-5-6;1-2/h1-5H;2H2,1H3. The van der Waals surface area contributed by atoms with E-state index in [-0.39, 0.29) is 5.69 Å². The van der Waals surface area contributed by atoms with Crippen LogP contribution in [0.2, 0.25) is 0 Å². The summed E-state index contributed by atoms with van der Waals surface area (Å²) in [5, 5.41) is 10.0. The van der Waals surface area contributed by atoms with Crippen molar-refractivity contribution in [2.24, 2.45) is 0 Å². The molecule has 0 N–H and O–H groups in total. The summed E-state index contributed by atoms with van der Waals surface area (Å²) in [6, 6.07) is 7.93. The zero-order valence-electron chi connectivity index (χ0n) is 6.23. The predicted octanol–water partition coefficient (Wildman–Crippen LogP) is 2.09. The van der Waals surface area contributed by atoms with Crippen molar-refractivity contribution in [2.45, 2.75) is 0 Å². The molecule has 4 heteroatoms. The fourth-order valence-corrected chi connectivity index (χ4v) is 0.550. The summed E-state index contributed by atoms with van der Waals surface area (Å²) in [7, 11) is 2.42. The molecule has 0 saturated carbocycles. The van der Waals surface area contributed by atoms with Crippen LogP contribution >= 0.6 is 9.24 Å². The first-order valence-electron chi connectivity index (χ1n) is 3.08. The van der Waals surface area contributed by atoms with Gasteiger partial charge in [0.2, 0.25) is 0 Å². The molecular weight excluding hydrogens is 161 g/mol. The third-order valence-electron chi connectivity index (χ3n) is 0.967. The molecular formula is C7H10NO2P. The zero-order chi connectivity index (χ0) is 8.69. The van der Waals surface area contributed by atoms with Crippen molar-refractivity contribution < 1.29 is 4.92 Å². The van der Waals surface area contributed by atoms with Crippen LogP contribution in [0.1, 0.15) is 0 Å². The van der Waals surface area contributed by atoms with Crippen LogP contribution in [0.4, 0.5) is 5.69 Å². The van der Waals surface area contributed by atoms with E-state index in [1.165, 1.54) is 12.1 Å². The van der Waals surface area contributed by atoms with Gasteiger partial charge >= 0.3 is 0 Å². The Bertz CT molecular complexity index is 213. The Labute approximate surface area is 67.8 Å². The van der Waals surface area contributed by atoms with E-state index in [0.29, 0.717) is 0 Å². The van der Waals surface area contributed by atoms with Gasteiger partial charge in [-0.1, -0.05) is 24.9 Å². The number of nitrogens with zero attached hydrogens (tertiary/aromatic N) is 1. The van der Waals surface area contributed by atoms with Crippen LogP contribution in [0.25, 0.3) is 0 Å². The van der Waals surface area contributed by atoms with Gasteiger partial charge in [0.15, 0.2) is 0 Å². The molecule has 1 aromatic carbocycles. The minimum atomic E-state index is -0.417. The van der Waals surface area contributed by atoms with E-state index in [1.807, 2.05) is 6.66 Å². The molecule has 11 heavy (non-hydrogen) atoms. The van der Waals surface area contributed by atoms with Crippen LogP contribution in [0, 0.1) is 10.1 Å². The molecule has 1 unspecified atom stereocenters. The van der Waals surface area contributed by atoms with Gasteiger partial charge in [-0.15, -0.1) is 9.24 Å². The molecule has 0 bridgehead atoms. The second-order valence-electron chi connectivity index (χ2n) is 1.59. The molecule has 1 atom stereocenters. The molecule has 0 amide bonds. The van der Waals surface area contributed by atoms with Crippen molar-refractivity contribution >= 4 is 14.9 Å². The lowest BCUT2D eigenvalue weighted by Crippen LogP contribution is -1.84. The highest BCUT2D eigenvalue weighted by Gasteiger charge is 1.98. The van der Waals surface area contributed by atoms with Gasteiger partial charge in [0.25, 0.3) is 5.69 Å². The second kappa shape index (κ2) is 5.81. The van der Waals surface area contributed by atoms with Crippen LogP contribution < -0.4 is 0 Å². The van der Waals surface area contributed by atoms with E-state index in [2.05, 4.69) is 9.24 Å². The van der Waals surface area contributed by atoms with Crippen molar-refractivity contribution in [1.29, 1.82) is 0 Å². The second-order valence-corrected chi connectivity index (χ2v) is 1.59. The van der Waals surface area contributed by atoms with Crippen LogP contribution in [0.3, 0.4) is 0 Å². The summed E-state index contributed by atoms with van der Waals surface area (Å²) >= 11 is 0. The van der Waals surface area contributed by atoms with Crippen molar-refractivity contribution in [1.82, 2.24) is 0 Å². The molecule has 0 aliphatic heterocycles. The summed E-state index contributed by atoms with van der Waals surface area (Å²) in [6.45, 7) is 1.92. The Morgan fingerprint density at radius 2 is 1.73 bits per heavy atom. The monoisotopic (exact) mass is 171 g/mol. The number of rotatable bonds is 1. The van der Waals surface area contributed by atoms with E-state index in [4.69, 9.17) is 0 Å². The maximum atomic E-state index is 10.0.